The van der Waals surface area contributed by atoms with E-state index in [9.17, 15) is 8.42 Å². The topological polar surface area (TPSA) is 46.6 Å². The predicted octanol–water partition coefficient (Wildman–Crippen LogP) is 6.81. The Balaban J connectivity index is 1.76. The predicted molar refractivity (Wildman–Crippen MR) is 126 cm³/mol. The molecule has 31 heavy (non-hydrogen) atoms. The average Bonchev–Trinajstić information content (AvgIpc) is 2.73. The lowest BCUT2D eigenvalue weighted by molar-refractivity contribution is 0.501. The van der Waals surface area contributed by atoms with Crippen molar-refractivity contribution in [3.8, 4) is 5.75 Å². The third-order valence-electron chi connectivity index (χ3n) is 5.89. The fourth-order valence-corrected chi connectivity index (χ4v) is 5.00. The smallest absolute Gasteiger partial charge is 0.371 e. The number of rotatable bonds is 3. The molecule has 4 nitrogen and oxygen atoms in total. The first-order valence-electron chi connectivity index (χ1n) is 9.91. The first-order valence-corrected chi connectivity index (χ1v) is 12.1. The summed E-state index contributed by atoms with van der Waals surface area (Å²) >= 11 is 0. The van der Waals surface area contributed by atoms with Crippen molar-refractivity contribution in [2.24, 2.45) is 0 Å². The molecular weight excluding hydrogens is 430 g/mol. The van der Waals surface area contributed by atoms with Gasteiger partial charge in [0.05, 0.1) is 22.1 Å². The SMILES string of the molecule is CC1(C)c2ccccc2N(c2ccc3ccccc3c2)c2ccc(OS(=O)(=O)Cl)cc21. The van der Waals surface area contributed by atoms with Crippen molar-refractivity contribution in [1.29, 1.82) is 0 Å². The zero-order chi connectivity index (χ0) is 21.8. The van der Waals surface area contributed by atoms with Gasteiger partial charge in [0.15, 0.2) is 0 Å². The standard InChI is InChI=1S/C25H20ClNO3S/c1-25(2)21-9-5-6-10-23(21)27(19-12-11-17-7-3-4-8-18(17)15-19)24-14-13-20(16-22(24)25)30-31(26,28)29/h3-16H,1-2H3. The van der Waals surface area contributed by atoms with Crippen LogP contribution in [0.5, 0.6) is 5.75 Å². The molecular formula is C25H20ClNO3S. The monoisotopic (exact) mass is 449 g/mol. The fraction of sp³-hybridized carbons (Fsp3) is 0.120. The van der Waals surface area contributed by atoms with E-state index in [2.05, 4.69) is 61.2 Å². The third-order valence-corrected chi connectivity index (χ3v) is 6.47. The Bertz CT molecular complexity index is 1430. The summed E-state index contributed by atoms with van der Waals surface area (Å²) in [7, 11) is 1.19. The van der Waals surface area contributed by atoms with Crippen LogP contribution < -0.4 is 9.08 Å². The van der Waals surface area contributed by atoms with E-state index in [0.717, 1.165) is 33.6 Å². The molecule has 0 unspecified atom stereocenters. The third kappa shape index (κ3) is 3.44. The maximum absolute atomic E-state index is 11.5. The van der Waals surface area contributed by atoms with E-state index in [1.807, 2.05) is 30.3 Å². The molecule has 0 atom stereocenters. The van der Waals surface area contributed by atoms with E-state index < -0.39 is 9.33 Å². The molecule has 0 spiro atoms. The fourth-order valence-electron chi connectivity index (χ4n) is 4.44. The van der Waals surface area contributed by atoms with E-state index >= 15 is 0 Å². The minimum Gasteiger partial charge on any atom is -0.371 e. The molecule has 0 radical (unpaired) electrons. The van der Waals surface area contributed by atoms with Crippen LogP contribution >= 0.6 is 10.7 Å². The molecule has 0 fully saturated rings. The van der Waals surface area contributed by atoms with Crippen molar-refractivity contribution in [3.05, 3.63) is 96.1 Å². The van der Waals surface area contributed by atoms with Gasteiger partial charge in [-0.05, 0) is 58.3 Å². The summed E-state index contributed by atoms with van der Waals surface area (Å²) in [5.74, 6) is 0.194. The van der Waals surface area contributed by atoms with Gasteiger partial charge in [-0.3, -0.25) is 0 Å². The minimum atomic E-state index is -4.13. The van der Waals surface area contributed by atoms with E-state index in [4.69, 9.17) is 14.9 Å². The zero-order valence-electron chi connectivity index (χ0n) is 17.0. The summed E-state index contributed by atoms with van der Waals surface area (Å²) in [4.78, 5) is 2.21. The number of halogens is 1. The number of anilines is 3. The molecule has 6 heteroatoms. The van der Waals surface area contributed by atoms with Crippen molar-refractivity contribution in [3.63, 3.8) is 0 Å². The number of nitrogens with zero attached hydrogens (tertiary/aromatic N) is 1. The number of hydrogen-bond donors (Lipinski definition) is 0. The van der Waals surface area contributed by atoms with Gasteiger partial charge in [-0.2, -0.15) is 8.42 Å². The number of hydrogen-bond acceptors (Lipinski definition) is 4. The molecule has 0 N–H and O–H groups in total. The van der Waals surface area contributed by atoms with Gasteiger partial charge in [-0.25, -0.2) is 0 Å². The maximum atomic E-state index is 11.5. The highest BCUT2D eigenvalue weighted by Crippen LogP contribution is 2.52. The lowest BCUT2D eigenvalue weighted by atomic mass is 9.73. The molecule has 1 aliphatic rings. The van der Waals surface area contributed by atoms with Gasteiger partial charge >= 0.3 is 9.33 Å². The molecule has 0 bridgehead atoms. The summed E-state index contributed by atoms with van der Waals surface area (Å²) < 4.78 is 27.9. The van der Waals surface area contributed by atoms with Crippen LogP contribution in [0.3, 0.4) is 0 Å². The first-order chi connectivity index (χ1) is 14.7. The Kier molecular flexibility index (Phi) is 4.50. The second kappa shape index (κ2) is 7.01. The molecule has 0 saturated heterocycles. The highest BCUT2D eigenvalue weighted by molar-refractivity contribution is 8.10. The van der Waals surface area contributed by atoms with Gasteiger partial charge in [-0.1, -0.05) is 62.4 Å². The van der Waals surface area contributed by atoms with E-state index in [1.165, 1.54) is 5.39 Å². The van der Waals surface area contributed by atoms with Crippen LogP contribution in [0.1, 0.15) is 25.0 Å². The molecule has 5 rings (SSSR count). The van der Waals surface area contributed by atoms with Crippen molar-refractivity contribution >= 4 is 47.8 Å². The highest BCUT2D eigenvalue weighted by atomic mass is 35.7. The lowest BCUT2D eigenvalue weighted by Gasteiger charge is -2.42. The van der Waals surface area contributed by atoms with Gasteiger partial charge in [-0.15, -0.1) is 0 Å². The Hall–Kier alpha value is -3.02. The van der Waals surface area contributed by atoms with Crippen molar-refractivity contribution in [2.45, 2.75) is 19.3 Å². The van der Waals surface area contributed by atoms with E-state index in [0.29, 0.717) is 0 Å². The van der Waals surface area contributed by atoms with Crippen molar-refractivity contribution in [2.75, 3.05) is 4.90 Å². The van der Waals surface area contributed by atoms with Crippen LogP contribution in [-0.4, -0.2) is 8.42 Å². The summed E-state index contributed by atoms with van der Waals surface area (Å²) in [5, 5.41) is 2.32. The Morgan fingerprint density at radius 2 is 1.45 bits per heavy atom. The number of benzene rings is 4. The number of para-hydroxylation sites is 1. The van der Waals surface area contributed by atoms with Crippen LogP contribution in [0.2, 0.25) is 0 Å². The van der Waals surface area contributed by atoms with E-state index in [1.54, 1.807) is 12.1 Å². The van der Waals surface area contributed by atoms with Gasteiger partial charge in [0.2, 0.25) is 0 Å². The molecule has 4 aromatic rings. The summed E-state index contributed by atoms with van der Waals surface area (Å²) in [6.07, 6.45) is 0. The van der Waals surface area contributed by atoms with Crippen molar-refractivity contribution in [1.82, 2.24) is 0 Å². The van der Waals surface area contributed by atoms with Crippen molar-refractivity contribution < 1.29 is 12.6 Å². The van der Waals surface area contributed by atoms with E-state index in [-0.39, 0.29) is 11.2 Å². The van der Waals surface area contributed by atoms with Crippen LogP contribution in [-0.2, 0) is 14.7 Å². The summed E-state index contributed by atoms with van der Waals surface area (Å²) in [5.41, 5.74) is 4.82. The van der Waals surface area contributed by atoms with Gasteiger partial charge in [0.1, 0.15) is 5.75 Å². The second-order valence-corrected chi connectivity index (χ2v) is 10.3. The quantitative estimate of drug-likeness (QED) is 0.322. The largest absolute Gasteiger partial charge is 0.401 e. The molecule has 0 amide bonds. The molecule has 0 aromatic heterocycles. The molecule has 0 saturated carbocycles. The lowest BCUT2D eigenvalue weighted by Crippen LogP contribution is -2.30. The van der Waals surface area contributed by atoms with Gasteiger partial charge in [0, 0.05) is 11.1 Å². The maximum Gasteiger partial charge on any atom is 0.401 e. The van der Waals surface area contributed by atoms with Crippen LogP contribution in [0.15, 0.2) is 84.9 Å². The molecule has 156 valence electrons. The molecule has 4 aromatic carbocycles. The van der Waals surface area contributed by atoms with Crippen LogP contribution in [0.4, 0.5) is 17.1 Å². The Labute approximate surface area is 186 Å². The second-order valence-electron chi connectivity index (χ2n) is 8.16. The Morgan fingerprint density at radius 1 is 0.774 bits per heavy atom. The Morgan fingerprint density at radius 3 is 2.23 bits per heavy atom. The normalized spacial score (nSPS) is 14.7. The summed E-state index contributed by atoms with van der Waals surface area (Å²) in [6.45, 7) is 4.25. The van der Waals surface area contributed by atoms with Gasteiger partial charge < -0.3 is 9.08 Å². The van der Waals surface area contributed by atoms with Gasteiger partial charge in [0.25, 0.3) is 0 Å². The van der Waals surface area contributed by atoms with Crippen LogP contribution in [0, 0.1) is 0 Å². The van der Waals surface area contributed by atoms with Crippen LogP contribution in [0.25, 0.3) is 10.8 Å². The molecule has 0 aliphatic carbocycles. The first kappa shape index (κ1) is 19.9. The minimum absolute atomic E-state index is 0.194. The molecule has 1 aliphatic heterocycles. The highest BCUT2D eigenvalue weighted by Gasteiger charge is 2.37. The summed E-state index contributed by atoms with van der Waals surface area (Å²) in [6, 6.07) is 28.2. The zero-order valence-corrected chi connectivity index (χ0v) is 18.6. The average molecular weight is 450 g/mol. The number of fused-ring (bicyclic) bond motifs is 3. The molecule has 1 heterocycles.